The van der Waals surface area contributed by atoms with Crippen molar-refractivity contribution < 1.29 is 14.3 Å². The Bertz CT molecular complexity index is 1000. The molecule has 2 aromatic heterocycles. The number of halogens is 2. The van der Waals surface area contributed by atoms with E-state index in [1.54, 1.807) is 0 Å². The van der Waals surface area contributed by atoms with Crippen LogP contribution in [0.2, 0.25) is 10.0 Å². The summed E-state index contributed by atoms with van der Waals surface area (Å²) >= 11 is 11.9. The second-order valence-electron chi connectivity index (χ2n) is 4.73. The van der Waals surface area contributed by atoms with Crippen molar-refractivity contribution in [1.29, 1.82) is 0 Å². The first-order valence-corrected chi connectivity index (χ1v) is 7.40. The summed E-state index contributed by atoms with van der Waals surface area (Å²) in [4.78, 5) is 24.4. The molecule has 3 rings (SSSR count). The minimum Gasteiger partial charge on any atom is -0.465 e. The lowest BCUT2D eigenvalue weighted by Gasteiger charge is -2.11. The Morgan fingerprint density at radius 3 is 2.68 bits per heavy atom. The highest BCUT2D eigenvalue weighted by molar-refractivity contribution is 6.42. The van der Waals surface area contributed by atoms with Gasteiger partial charge in [-0.05, 0) is 22.6 Å². The molecule has 0 aliphatic carbocycles. The molecule has 3 N–H and O–H groups in total. The molecule has 12 heteroatoms. The van der Waals surface area contributed by atoms with Gasteiger partial charge in [0.15, 0.2) is 5.69 Å². The van der Waals surface area contributed by atoms with Gasteiger partial charge in [-0.15, -0.1) is 14.8 Å². The zero-order chi connectivity index (χ0) is 18.1. The van der Waals surface area contributed by atoms with Gasteiger partial charge in [0.2, 0.25) is 5.65 Å². The van der Waals surface area contributed by atoms with Crippen LogP contribution in [0.4, 0.5) is 11.4 Å². The van der Waals surface area contributed by atoms with E-state index >= 15 is 0 Å². The normalized spacial score (nSPS) is 10.7. The van der Waals surface area contributed by atoms with E-state index in [1.165, 1.54) is 25.3 Å². The number of amides is 1. The van der Waals surface area contributed by atoms with Crippen LogP contribution >= 0.6 is 23.2 Å². The van der Waals surface area contributed by atoms with Crippen LogP contribution in [0.5, 0.6) is 0 Å². The Balaban J connectivity index is 2.00. The van der Waals surface area contributed by atoms with Crippen LogP contribution in [0.25, 0.3) is 5.65 Å². The van der Waals surface area contributed by atoms with Gasteiger partial charge in [-0.1, -0.05) is 23.2 Å². The summed E-state index contributed by atoms with van der Waals surface area (Å²) in [7, 11) is 1.20. The molecule has 0 atom stereocenters. The number of nitrogens with zero attached hydrogens (tertiary/aromatic N) is 5. The van der Waals surface area contributed by atoms with Gasteiger partial charge in [0.25, 0.3) is 5.91 Å². The maximum Gasteiger partial charge on any atom is 0.340 e. The monoisotopic (exact) mass is 381 g/mol. The van der Waals surface area contributed by atoms with Gasteiger partial charge in [0.05, 0.1) is 34.1 Å². The summed E-state index contributed by atoms with van der Waals surface area (Å²) in [6.07, 6.45) is 0. The van der Waals surface area contributed by atoms with E-state index in [4.69, 9.17) is 28.9 Å². The molecule has 0 spiro atoms. The summed E-state index contributed by atoms with van der Waals surface area (Å²) in [6.45, 7) is 0. The SMILES string of the molecule is COC(=O)c1cc(Cl)c(Cl)cc1NC(=O)c1nn2nnnc2cc1N. The Labute approximate surface area is 149 Å². The van der Waals surface area contributed by atoms with E-state index in [1.807, 2.05) is 0 Å². The number of ether oxygens (including phenoxy) is 1. The van der Waals surface area contributed by atoms with Gasteiger partial charge in [-0.3, -0.25) is 4.79 Å². The number of hydrogen-bond acceptors (Lipinski definition) is 8. The molecule has 0 aliphatic heterocycles. The zero-order valence-electron chi connectivity index (χ0n) is 12.5. The van der Waals surface area contributed by atoms with Gasteiger partial charge in [-0.25, -0.2) is 4.79 Å². The third-order valence-corrected chi connectivity index (χ3v) is 3.88. The van der Waals surface area contributed by atoms with Crippen LogP contribution in [0.1, 0.15) is 20.8 Å². The largest absolute Gasteiger partial charge is 0.465 e. The highest BCUT2D eigenvalue weighted by Gasteiger charge is 2.20. The molecule has 0 saturated heterocycles. The van der Waals surface area contributed by atoms with Crippen LogP contribution in [0.3, 0.4) is 0 Å². The minimum absolute atomic E-state index is 0.0207. The summed E-state index contributed by atoms with van der Waals surface area (Å²) in [5, 5.41) is 17.4. The number of tetrazole rings is 1. The van der Waals surface area contributed by atoms with E-state index in [0.717, 1.165) is 4.63 Å². The lowest BCUT2D eigenvalue weighted by molar-refractivity contribution is 0.0602. The van der Waals surface area contributed by atoms with Crippen molar-refractivity contribution in [2.75, 3.05) is 18.2 Å². The lowest BCUT2D eigenvalue weighted by Crippen LogP contribution is -2.20. The number of anilines is 2. The van der Waals surface area contributed by atoms with E-state index < -0.39 is 11.9 Å². The van der Waals surface area contributed by atoms with Gasteiger partial charge in [0.1, 0.15) is 0 Å². The average molecular weight is 382 g/mol. The first kappa shape index (κ1) is 16.9. The molecular formula is C13H9Cl2N7O3. The highest BCUT2D eigenvalue weighted by atomic mass is 35.5. The van der Waals surface area contributed by atoms with Crippen LogP contribution in [-0.4, -0.2) is 44.2 Å². The van der Waals surface area contributed by atoms with Crippen molar-refractivity contribution in [3.05, 3.63) is 39.5 Å². The second kappa shape index (κ2) is 6.49. The Kier molecular flexibility index (Phi) is 4.38. The van der Waals surface area contributed by atoms with Crippen LogP contribution in [0, 0.1) is 0 Å². The van der Waals surface area contributed by atoms with Gasteiger partial charge in [-0.2, -0.15) is 0 Å². The molecule has 0 saturated carbocycles. The van der Waals surface area contributed by atoms with E-state index in [0.29, 0.717) is 0 Å². The predicted molar refractivity (Wildman–Crippen MR) is 88.7 cm³/mol. The number of carbonyl (C=O) groups excluding carboxylic acids is 2. The molecule has 0 bridgehead atoms. The van der Waals surface area contributed by atoms with Crippen molar-refractivity contribution in [3.63, 3.8) is 0 Å². The molecule has 0 unspecified atom stereocenters. The molecule has 0 fully saturated rings. The molecule has 128 valence electrons. The molecular weight excluding hydrogens is 373 g/mol. The first-order chi connectivity index (χ1) is 11.9. The summed E-state index contributed by atoms with van der Waals surface area (Å²) < 4.78 is 5.71. The van der Waals surface area contributed by atoms with Gasteiger partial charge in [0, 0.05) is 6.07 Å². The van der Waals surface area contributed by atoms with Crippen LogP contribution in [0.15, 0.2) is 18.2 Å². The number of nitrogens with one attached hydrogen (secondary N) is 1. The number of carbonyl (C=O) groups is 2. The Morgan fingerprint density at radius 2 is 1.96 bits per heavy atom. The van der Waals surface area contributed by atoms with E-state index in [-0.39, 0.29) is 38.3 Å². The van der Waals surface area contributed by atoms with Crippen molar-refractivity contribution in [2.45, 2.75) is 0 Å². The molecule has 2 heterocycles. The van der Waals surface area contributed by atoms with Crippen molar-refractivity contribution in [2.24, 2.45) is 0 Å². The van der Waals surface area contributed by atoms with Crippen molar-refractivity contribution in [1.82, 2.24) is 25.3 Å². The standard InChI is InChI=1S/C13H9Cl2N7O3/c1-25-13(24)5-2-6(14)7(15)3-9(5)17-12(23)11-8(16)4-10-18-20-21-22(10)19-11/h2-4H,16H2,1H3,(H,17,23). The third-order valence-electron chi connectivity index (χ3n) is 3.16. The Morgan fingerprint density at radius 1 is 1.24 bits per heavy atom. The molecule has 0 aliphatic rings. The quantitative estimate of drug-likeness (QED) is 0.650. The smallest absolute Gasteiger partial charge is 0.340 e. The molecule has 10 nitrogen and oxygen atoms in total. The number of nitrogen functional groups attached to an aromatic ring is 1. The molecule has 1 aromatic carbocycles. The summed E-state index contributed by atoms with van der Waals surface area (Å²) in [5.74, 6) is -1.40. The van der Waals surface area contributed by atoms with Crippen LogP contribution < -0.4 is 11.1 Å². The number of rotatable bonds is 3. The number of hydrogen-bond donors (Lipinski definition) is 2. The lowest BCUT2D eigenvalue weighted by atomic mass is 10.1. The fourth-order valence-electron chi connectivity index (χ4n) is 1.99. The van der Waals surface area contributed by atoms with Gasteiger partial charge >= 0.3 is 5.97 Å². The molecule has 0 radical (unpaired) electrons. The van der Waals surface area contributed by atoms with Crippen LogP contribution in [-0.2, 0) is 4.74 Å². The minimum atomic E-state index is -0.703. The molecule has 25 heavy (non-hydrogen) atoms. The maximum absolute atomic E-state index is 12.5. The van der Waals surface area contributed by atoms with E-state index in [2.05, 4.69) is 30.7 Å². The molecule has 1 amide bonds. The predicted octanol–water partition coefficient (Wildman–Crippen LogP) is 1.45. The Hall–Kier alpha value is -2.98. The topological polar surface area (TPSA) is 137 Å². The maximum atomic E-state index is 12.5. The number of benzene rings is 1. The number of aromatic nitrogens is 5. The molecule has 3 aromatic rings. The second-order valence-corrected chi connectivity index (χ2v) is 5.55. The van der Waals surface area contributed by atoms with Crippen molar-refractivity contribution in [3.8, 4) is 0 Å². The summed E-state index contributed by atoms with van der Waals surface area (Å²) in [5.41, 5.74) is 6.11. The van der Waals surface area contributed by atoms with E-state index in [9.17, 15) is 9.59 Å². The fourth-order valence-corrected chi connectivity index (χ4v) is 2.32. The highest BCUT2D eigenvalue weighted by Crippen LogP contribution is 2.30. The zero-order valence-corrected chi connectivity index (χ0v) is 14.0. The third kappa shape index (κ3) is 3.16. The number of methoxy groups -OCH3 is 1. The number of nitrogens with two attached hydrogens (primary N) is 1. The fraction of sp³-hybridized carbons (Fsp3) is 0.0769. The van der Waals surface area contributed by atoms with Gasteiger partial charge < -0.3 is 15.8 Å². The number of fused-ring (bicyclic) bond motifs is 1. The first-order valence-electron chi connectivity index (χ1n) is 6.64. The number of esters is 1. The van der Waals surface area contributed by atoms with Crippen molar-refractivity contribution >= 4 is 52.1 Å². The average Bonchev–Trinajstić information content (AvgIpc) is 3.03. The summed E-state index contributed by atoms with van der Waals surface area (Å²) in [6, 6.07) is 3.99.